The van der Waals surface area contributed by atoms with E-state index in [0.717, 1.165) is 5.56 Å². The Morgan fingerprint density at radius 1 is 0.917 bits per heavy atom. The molecule has 36 heavy (non-hydrogen) atoms. The van der Waals surface area contributed by atoms with E-state index in [2.05, 4.69) is 9.97 Å². The van der Waals surface area contributed by atoms with Crippen LogP contribution in [0.15, 0.2) is 88.6 Å². The molecule has 0 aliphatic heterocycles. The van der Waals surface area contributed by atoms with E-state index in [4.69, 9.17) is 4.74 Å². The second-order valence-electron chi connectivity index (χ2n) is 8.90. The Kier molecular flexibility index (Phi) is 6.25. The van der Waals surface area contributed by atoms with Gasteiger partial charge in [0.05, 0.1) is 35.8 Å². The second-order valence-corrected chi connectivity index (χ2v) is 8.90. The molecule has 0 saturated heterocycles. The fourth-order valence-corrected chi connectivity index (χ4v) is 4.37. The van der Waals surface area contributed by atoms with E-state index in [0.29, 0.717) is 40.5 Å². The molecule has 4 aromatic heterocycles. The maximum Gasteiger partial charge on any atom is 0.282 e. The van der Waals surface area contributed by atoms with Crippen molar-refractivity contribution in [3.8, 4) is 11.7 Å². The lowest BCUT2D eigenvalue weighted by Crippen LogP contribution is -2.24. The van der Waals surface area contributed by atoms with Gasteiger partial charge in [-0.3, -0.25) is 14.3 Å². The molecule has 5 aromatic rings. The summed E-state index contributed by atoms with van der Waals surface area (Å²) in [6, 6.07) is 22.3. The van der Waals surface area contributed by atoms with E-state index >= 15 is 0 Å². The van der Waals surface area contributed by atoms with Crippen molar-refractivity contribution < 1.29 is 4.74 Å². The third kappa shape index (κ3) is 4.45. The van der Waals surface area contributed by atoms with E-state index in [-0.39, 0.29) is 23.8 Å². The minimum atomic E-state index is -0.226. The zero-order chi connectivity index (χ0) is 25.2. The molecular formula is C28H27N5O3. The summed E-state index contributed by atoms with van der Waals surface area (Å²) >= 11 is 0. The van der Waals surface area contributed by atoms with Crippen molar-refractivity contribution in [2.24, 2.45) is 0 Å². The number of fused-ring (bicyclic) bond motifs is 1. The predicted octanol–water partition coefficient (Wildman–Crippen LogP) is 3.94. The Hall–Kier alpha value is -4.46. The van der Waals surface area contributed by atoms with Crippen LogP contribution in [-0.2, 0) is 13.1 Å². The molecule has 0 spiro atoms. The molecule has 8 nitrogen and oxygen atoms in total. The molecule has 8 heteroatoms. The van der Waals surface area contributed by atoms with Crippen molar-refractivity contribution in [1.29, 1.82) is 0 Å². The van der Waals surface area contributed by atoms with Crippen LogP contribution in [0.1, 0.15) is 30.8 Å². The first-order valence-electron chi connectivity index (χ1n) is 11.9. The number of hydrogen-bond donors (Lipinski definition) is 0. The average Bonchev–Trinajstić information content (AvgIpc) is 3.13. The summed E-state index contributed by atoms with van der Waals surface area (Å²) in [4.78, 5) is 36.1. The van der Waals surface area contributed by atoms with Crippen molar-refractivity contribution in [3.05, 3.63) is 117 Å². The molecule has 1 aromatic carbocycles. The normalized spacial score (nSPS) is 11.3. The van der Waals surface area contributed by atoms with E-state index in [1.165, 1.54) is 6.07 Å². The molecule has 5 rings (SSSR count). The second kappa shape index (κ2) is 9.65. The van der Waals surface area contributed by atoms with Gasteiger partial charge in [-0.2, -0.15) is 4.68 Å². The van der Waals surface area contributed by atoms with Gasteiger partial charge in [0.15, 0.2) is 5.82 Å². The molecule has 0 N–H and O–H groups in total. The number of aromatic nitrogens is 5. The number of pyridine rings is 3. The van der Waals surface area contributed by atoms with Crippen LogP contribution in [-0.4, -0.2) is 30.0 Å². The molecule has 182 valence electrons. The highest BCUT2D eigenvalue weighted by molar-refractivity contribution is 5.81. The highest BCUT2D eigenvalue weighted by Crippen LogP contribution is 2.19. The smallest absolute Gasteiger partial charge is 0.282 e. The molecule has 0 saturated carbocycles. The van der Waals surface area contributed by atoms with Crippen molar-refractivity contribution in [1.82, 2.24) is 23.9 Å². The topological polar surface area (TPSA) is 83.9 Å². The Bertz CT molecular complexity index is 1630. The van der Waals surface area contributed by atoms with Crippen LogP contribution >= 0.6 is 0 Å². The van der Waals surface area contributed by atoms with Gasteiger partial charge >= 0.3 is 0 Å². The molecule has 0 unspecified atom stereocenters. The minimum Gasteiger partial charge on any atom is -0.475 e. The summed E-state index contributed by atoms with van der Waals surface area (Å²) in [5.74, 6) is 0.994. The maximum absolute atomic E-state index is 13.8. The van der Waals surface area contributed by atoms with Gasteiger partial charge in [-0.05, 0) is 44.5 Å². The molecule has 0 radical (unpaired) electrons. The lowest BCUT2D eigenvalue weighted by molar-refractivity contribution is 0.232. The summed E-state index contributed by atoms with van der Waals surface area (Å²) in [7, 11) is 0. The van der Waals surface area contributed by atoms with Crippen molar-refractivity contribution in [2.75, 3.05) is 0 Å². The molecular weight excluding hydrogens is 454 g/mol. The first-order valence-corrected chi connectivity index (χ1v) is 11.9. The third-order valence-electron chi connectivity index (χ3n) is 5.97. The van der Waals surface area contributed by atoms with E-state index < -0.39 is 0 Å². The predicted molar refractivity (Wildman–Crippen MR) is 139 cm³/mol. The van der Waals surface area contributed by atoms with Crippen LogP contribution in [0.3, 0.4) is 0 Å². The van der Waals surface area contributed by atoms with Gasteiger partial charge in [-0.25, -0.2) is 9.97 Å². The van der Waals surface area contributed by atoms with Gasteiger partial charge in [-0.1, -0.05) is 42.5 Å². The van der Waals surface area contributed by atoms with Crippen LogP contribution in [0.5, 0.6) is 5.88 Å². The number of ether oxygens (including phenoxy) is 1. The summed E-state index contributed by atoms with van der Waals surface area (Å²) in [6.07, 6.45) is 1.64. The molecule has 0 aliphatic carbocycles. The largest absolute Gasteiger partial charge is 0.475 e. The van der Waals surface area contributed by atoms with Crippen molar-refractivity contribution in [2.45, 2.75) is 40.0 Å². The standard InChI is InChI=1S/C28H27N5O3/c1-19(2)36-25-14-9-12-22(30-25)18-31-20(3)27-23(16-26(31)34)32(17-21-10-5-4-6-11-21)33(28(27)35)24-13-7-8-15-29-24/h4-16,19H,17-18H2,1-3H3. The van der Waals surface area contributed by atoms with Crippen LogP contribution in [0, 0.1) is 6.92 Å². The Balaban J connectivity index is 1.68. The minimum absolute atomic E-state index is 0.0111. The summed E-state index contributed by atoms with van der Waals surface area (Å²) < 4.78 is 10.7. The van der Waals surface area contributed by atoms with Gasteiger partial charge < -0.3 is 9.30 Å². The zero-order valence-corrected chi connectivity index (χ0v) is 20.5. The van der Waals surface area contributed by atoms with Crippen LogP contribution in [0.4, 0.5) is 0 Å². The lowest BCUT2D eigenvalue weighted by Gasteiger charge is -2.14. The quantitative estimate of drug-likeness (QED) is 0.352. The van der Waals surface area contributed by atoms with Gasteiger partial charge in [0.2, 0.25) is 5.88 Å². The Labute approximate surface area is 208 Å². The van der Waals surface area contributed by atoms with Crippen molar-refractivity contribution >= 4 is 10.9 Å². The van der Waals surface area contributed by atoms with Gasteiger partial charge in [0, 0.05) is 24.0 Å². The van der Waals surface area contributed by atoms with Crippen molar-refractivity contribution in [3.63, 3.8) is 0 Å². The highest BCUT2D eigenvalue weighted by Gasteiger charge is 2.21. The van der Waals surface area contributed by atoms with E-state index in [1.54, 1.807) is 40.6 Å². The van der Waals surface area contributed by atoms with Gasteiger partial charge in [0.25, 0.3) is 11.1 Å². The van der Waals surface area contributed by atoms with Gasteiger partial charge in [0.1, 0.15) is 0 Å². The molecule has 4 heterocycles. The number of rotatable bonds is 7. The number of aryl methyl sites for hydroxylation is 1. The summed E-state index contributed by atoms with van der Waals surface area (Å²) in [5, 5.41) is 0.478. The Morgan fingerprint density at radius 2 is 1.69 bits per heavy atom. The fraction of sp³-hybridized carbons (Fsp3) is 0.214. The maximum atomic E-state index is 13.8. The van der Waals surface area contributed by atoms with Crippen LogP contribution in [0.25, 0.3) is 16.7 Å². The number of hydrogen-bond acceptors (Lipinski definition) is 5. The van der Waals surface area contributed by atoms with E-state index in [1.807, 2.05) is 67.1 Å². The van der Waals surface area contributed by atoms with E-state index in [9.17, 15) is 9.59 Å². The average molecular weight is 482 g/mol. The first-order chi connectivity index (χ1) is 17.4. The molecule has 0 atom stereocenters. The third-order valence-corrected chi connectivity index (χ3v) is 5.97. The fourth-order valence-electron chi connectivity index (χ4n) is 4.37. The molecule has 0 fully saturated rings. The Morgan fingerprint density at radius 3 is 2.42 bits per heavy atom. The molecule has 0 aliphatic rings. The highest BCUT2D eigenvalue weighted by atomic mass is 16.5. The summed E-state index contributed by atoms with van der Waals surface area (Å²) in [6.45, 7) is 6.31. The molecule has 0 amide bonds. The zero-order valence-electron chi connectivity index (χ0n) is 20.5. The molecule has 0 bridgehead atoms. The number of nitrogens with zero attached hydrogens (tertiary/aromatic N) is 5. The number of benzene rings is 1. The summed E-state index contributed by atoms with van der Waals surface area (Å²) in [5.41, 5.74) is 2.39. The SMILES string of the molecule is Cc1c2c(=O)n(-c3ccccn3)n(Cc3ccccc3)c2cc(=O)n1Cc1cccc(OC(C)C)n1. The van der Waals surface area contributed by atoms with Crippen LogP contribution < -0.4 is 15.9 Å². The van der Waals surface area contributed by atoms with Crippen LogP contribution in [0.2, 0.25) is 0 Å². The van der Waals surface area contributed by atoms with Gasteiger partial charge in [-0.15, -0.1) is 0 Å². The lowest BCUT2D eigenvalue weighted by atomic mass is 10.2. The first kappa shape index (κ1) is 23.3. The monoisotopic (exact) mass is 481 g/mol.